The van der Waals surface area contributed by atoms with E-state index in [2.05, 4.69) is 10.4 Å². The van der Waals surface area contributed by atoms with Gasteiger partial charge >= 0.3 is 0 Å². The van der Waals surface area contributed by atoms with E-state index in [-0.39, 0.29) is 5.91 Å². The third-order valence-corrected chi connectivity index (χ3v) is 4.91. The summed E-state index contributed by atoms with van der Waals surface area (Å²) in [7, 11) is 1.91. The van der Waals surface area contributed by atoms with Crippen molar-refractivity contribution in [1.29, 1.82) is 0 Å². The Morgan fingerprint density at radius 2 is 2.04 bits per heavy atom. The molecule has 0 spiro atoms. The topological polar surface area (TPSA) is 65.8 Å². The molecule has 0 saturated carbocycles. The zero-order chi connectivity index (χ0) is 19.9. The van der Waals surface area contributed by atoms with Crippen molar-refractivity contribution in [3.8, 4) is 0 Å². The summed E-state index contributed by atoms with van der Waals surface area (Å²) in [6, 6.07) is 7.64. The summed E-state index contributed by atoms with van der Waals surface area (Å²) < 4.78 is 1.79. The van der Waals surface area contributed by atoms with Gasteiger partial charge in [0.25, 0.3) is 0 Å². The molecule has 1 aromatic carbocycles. The highest BCUT2D eigenvalue weighted by molar-refractivity contribution is 6.30. The summed E-state index contributed by atoms with van der Waals surface area (Å²) >= 11 is 5.94. The molecule has 150 valence electrons. The Morgan fingerprint density at radius 3 is 2.68 bits per heavy atom. The number of aromatic nitrogens is 2. The van der Waals surface area contributed by atoms with Crippen LogP contribution < -0.4 is 5.32 Å². The van der Waals surface area contributed by atoms with E-state index in [4.69, 9.17) is 16.6 Å². The number of amides is 1. The fraction of sp³-hybridized carbons (Fsp3) is 0.450. The van der Waals surface area contributed by atoms with Crippen molar-refractivity contribution >= 4 is 23.5 Å². The van der Waals surface area contributed by atoms with Crippen molar-refractivity contribution in [2.24, 2.45) is 12.0 Å². The van der Waals surface area contributed by atoms with E-state index < -0.39 is 0 Å². The summed E-state index contributed by atoms with van der Waals surface area (Å²) in [6.45, 7) is 5.85. The fourth-order valence-corrected chi connectivity index (χ4v) is 3.31. The van der Waals surface area contributed by atoms with Crippen LogP contribution in [-0.2, 0) is 24.8 Å². The number of benzene rings is 1. The molecule has 1 aliphatic rings. The summed E-state index contributed by atoms with van der Waals surface area (Å²) in [5.41, 5.74) is 2.24. The molecule has 2 heterocycles. The van der Waals surface area contributed by atoms with Gasteiger partial charge in [0.05, 0.1) is 12.7 Å². The molecular formula is C20H27ClN6O. The zero-order valence-electron chi connectivity index (χ0n) is 16.4. The average molecular weight is 403 g/mol. The number of piperazine rings is 1. The Labute approximate surface area is 171 Å². The van der Waals surface area contributed by atoms with Crippen LogP contribution in [0.1, 0.15) is 18.1 Å². The fourth-order valence-electron chi connectivity index (χ4n) is 3.18. The minimum Gasteiger partial charge on any atom is -0.357 e. The molecule has 1 saturated heterocycles. The minimum absolute atomic E-state index is 0.110. The molecule has 0 aliphatic carbocycles. The third kappa shape index (κ3) is 5.48. The van der Waals surface area contributed by atoms with Crippen molar-refractivity contribution in [3.63, 3.8) is 0 Å². The van der Waals surface area contributed by atoms with E-state index in [0.717, 1.165) is 36.6 Å². The summed E-state index contributed by atoms with van der Waals surface area (Å²) in [6.07, 6.45) is 4.69. The molecule has 1 aromatic heterocycles. The molecule has 8 heteroatoms. The van der Waals surface area contributed by atoms with Crippen molar-refractivity contribution in [3.05, 3.63) is 52.8 Å². The number of guanidine groups is 1. The number of nitrogens with zero attached hydrogens (tertiary/aromatic N) is 5. The first-order valence-electron chi connectivity index (χ1n) is 9.58. The van der Waals surface area contributed by atoms with Gasteiger partial charge in [0, 0.05) is 51.0 Å². The SMILES string of the molecule is CCNC(=NCCc1cnn(C)c1)N1CCN(Cc2ccc(Cl)cc2)C(=O)C1. The highest BCUT2D eigenvalue weighted by Gasteiger charge is 2.25. The van der Waals surface area contributed by atoms with Crippen LogP contribution in [0.5, 0.6) is 0 Å². The number of aliphatic imine (C=N–C) groups is 1. The standard InChI is InChI=1S/C20H27ClN6O/c1-3-22-20(23-9-8-17-12-24-25(2)13-17)27-11-10-26(19(28)15-27)14-16-4-6-18(21)7-5-16/h4-7,12-13H,3,8-11,14-15H2,1-2H3,(H,22,23). The summed E-state index contributed by atoms with van der Waals surface area (Å²) in [5.74, 6) is 0.907. The lowest BCUT2D eigenvalue weighted by Crippen LogP contribution is -2.55. The van der Waals surface area contributed by atoms with E-state index >= 15 is 0 Å². The maximum absolute atomic E-state index is 12.6. The third-order valence-electron chi connectivity index (χ3n) is 4.66. The lowest BCUT2D eigenvalue weighted by atomic mass is 10.2. The molecule has 2 aromatic rings. The second-order valence-corrected chi connectivity index (χ2v) is 7.31. The number of halogens is 1. The van der Waals surface area contributed by atoms with E-state index in [9.17, 15) is 4.79 Å². The molecule has 1 fully saturated rings. The van der Waals surface area contributed by atoms with Gasteiger partial charge in [0.1, 0.15) is 0 Å². The monoisotopic (exact) mass is 402 g/mol. The van der Waals surface area contributed by atoms with Gasteiger partial charge < -0.3 is 15.1 Å². The van der Waals surface area contributed by atoms with E-state index in [1.54, 1.807) is 4.68 Å². The van der Waals surface area contributed by atoms with Crippen molar-refractivity contribution in [1.82, 2.24) is 24.9 Å². The molecule has 0 atom stereocenters. The van der Waals surface area contributed by atoms with Crippen LogP contribution in [0.2, 0.25) is 5.02 Å². The predicted octanol–water partition coefficient (Wildman–Crippen LogP) is 1.93. The van der Waals surface area contributed by atoms with E-state index in [1.807, 2.05) is 60.4 Å². The van der Waals surface area contributed by atoms with Gasteiger partial charge in [-0.1, -0.05) is 23.7 Å². The van der Waals surface area contributed by atoms with Crippen LogP contribution >= 0.6 is 11.6 Å². The average Bonchev–Trinajstić information content (AvgIpc) is 3.09. The summed E-state index contributed by atoms with van der Waals surface area (Å²) in [5, 5.41) is 8.19. The Morgan fingerprint density at radius 1 is 1.25 bits per heavy atom. The second-order valence-electron chi connectivity index (χ2n) is 6.87. The molecule has 3 rings (SSSR count). The molecular weight excluding hydrogens is 376 g/mol. The summed E-state index contributed by atoms with van der Waals surface area (Å²) in [4.78, 5) is 21.3. The molecule has 1 aliphatic heterocycles. The Kier molecular flexibility index (Phi) is 6.92. The molecule has 1 amide bonds. The number of hydrogen-bond acceptors (Lipinski definition) is 3. The largest absolute Gasteiger partial charge is 0.357 e. The number of carbonyl (C=O) groups excluding carboxylic acids is 1. The normalized spacial score (nSPS) is 15.2. The van der Waals surface area contributed by atoms with Gasteiger partial charge in [0.15, 0.2) is 5.96 Å². The lowest BCUT2D eigenvalue weighted by Gasteiger charge is -2.36. The van der Waals surface area contributed by atoms with Gasteiger partial charge in [-0.25, -0.2) is 0 Å². The highest BCUT2D eigenvalue weighted by atomic mass is 35.5. The zero-order valence-corrected chi connectivity index (χ0v) is 17.2. The maximum atomic E-state index is 12.6. The first-order chi connectivity index (χ1) is 13.5. The first kappa shape index (κ1) is 20.2. The molecule has 0 bridgehead atoms. The Hall–Kier alpha value is -2.54. The lowest BCUT2D eigenvalue weighted by molar-refractivity contribution is -0.135. The van der Waals surface area contributed by atoms with Gasteiger partial charge in [0.2, 0.25) is 5.91 Å². The number of nitrogens with one attached hydrogen (secondary N) is 1. The predicted molar refractivity (Wildman–Crippen MR) is 111 cm³/mol. The minimum atomic E-state index is 0.110. The van der Waals surface area contributed by atoms with Crippen LogP contribution in [0.4, 0.5) is 0 Å². The first-order valence-corrected chi connectivity index (χ1v) is 9.96. The van der Waals surface area contributed by atoms with E-state index in [0.29, 0.717) is 31.2 Å². The number of carbonyl (C=O) groups is 1. The molecule has 7 nitrogen and oxygen atoms in total. The van der Waals surface area contributed by atoms with Crippen LogP contribution in [-0.4, -0.2) is 64.2 Å². The molecule has 28 heavy (non-hydrogen) atoms. The second kappa shape index (κ2) is 9.59. The van der Waals surface area contributed by atoms with Crippen LogP contribution in [0, 0.1) is 0 Å². The smallest absolute Gasteiger partial charge is 0.242 e. The van der Waals surface area contributed by atoms with Crippen molar-refractivity contribution in [2.45, 2.75) is 19.9 Å². The number of aryl methyl sites for hydroxylation is 1. The molecule has 0 unspecified atom stereocenters. The Balaban J connectivity index is 1.56. The van der Waals surface area contributed by atoms with Crippen LogP contribution in [0.25, 0.3) is 0 Å². The van der Waals surface area contributed by atoms with Gasteiger partial charge in [-0.05, 0) is 36.6 Å². The molecule has 0 radical (unpaired) electrons. The Bertz CT molecular complexity index is 816. The van der Waals surface area contributed by atoms with Gasteiger partial charge in [-0.2, -0.15) is 5.10 Å². The number of hydrogen-bond donors (Lipinski definition) is 1. The molecule has 1 N–H and O–H groups in total. The maximum Gasteiger partial charge on any atom is 0.242 e. The number of rotatable bonds is 6. The van der Waals surface area contributed by atoms with Crippen molar-refractivity contribution < 1.29 is 4.79 Å². The van der Waals surface area contributed by atoms with Crippen molar-refractivity contribution in [2.75, 3.05) is 32.7 Å². The van der Waals surface area contributed by atoms with E-state index in [1.165, 1.54) is 0 Å². The van der Waals surface area contributed by atoms with Crippen LogP contribution in [0.15, 0.2) is 41.7 Å². The van der Waals surface area contributed by atoms with Crippen LogP contribution in [0.3, 0.4) is 0 Å². The quantitative estimate of drug-likeness (QED) is 0.592. The highest BCUT2D eigenvalue weighted by Crippen LogP contribution is 2.13. The van der Waals surface area contributed by atoms with Gasteiger partial charge in [-0.3, -0.25) is 14.5 Å². The van der Waals surface area contributed by atoms with Gasteiger partial charge in [-0.15, -0.1) is 0 Å².